The van der Waals surface area contributed by atoms with Gasteiger partial charge >= 0.3 is 17.9 Å². The van der Waals surface area contributed by atoms with Crippen LogP contribution in [0.15, 0.2) is 0 Å². The summed E-state index contributed by atoms with van der Waals surface area (Å²) in [5, 5.41) is 0. The molecule has 0 amide bonds. The molecule has 0 unspecified atom stereocenters. The van der Waals surface area contributed by atoms with Crippen LogP contribution in [0.2, 0.25) is 0 Å². The maximum atomic E-state index is 13.1. The molecule has 68 heavy (non-hydrogen) atoms. The first kappa shape index (κ1) is 64.4. The molecule has 1 rings (SSSR count). The van der Waals surface area contributed by atoms with Crippen molar-refractivity contribution in [3.05, 3.63) is 0 Å². The number of nitrogens with zero attached hydrogens (tertiary/aromatic N) is 1. The van der Waals surface area contributed by atoms with E-state index in [1.54, 1.807) is 0 Å². The molecule has 1 fully saturated rings. The van der Waals surface area contributed by atoms with Gasteiger partial charge in [0, 0.05) is 12.8 Å². The van der Waals surface area contributed by atoms with Crippen molar-refractivity contribution < 1.29 is 28.6 Å². The fraction of sp³-hybridized carbons (Fsp3) is 0.951. The predicted octanol–water partition coefficient (Wildman–Crippen LogP) is 18.3. The van der Waals surface area contributed by atoms with Gasteiger partial charge in [-0.25, -0.2) is 0 Å². The summed E-state index contributed by atoms with van der Waals surface area (Å²) >= 11 is 0. The van der Waals surface area contributed by atoms with Crippen LogP contribution < -0.4 is 0 Å². The first-order valence-electron chi connectivity index (χ1n) is 30.5. The Kier molecular flexibility index (Phi) is 46.4. The standard InChI is InChI=1S/C61H117NO6/c1-6-10-14-18-22-26-30-38-55(39-31-27-23-19-15-11-7-2)44-36-52-66-59(63)46-34-42-57(54-68-61(65)58-48-50-62(5)51-49-58)43-35-47-60(64)67-53-37-45-56(40-32-28-24-20-16-12-8-3)41-33-29-25-21-17-13-9-4/h55-58H,6-54H2,1-5H3. The third kappa shape index (κ3) is 41.0. The highest BCUT2D eigenvalue weighted by molar-refractivity contribution is 5.72. The molecule has 1 aliphatic rings. The predicted molar refractivity (Wildman–Crippen MR) is 290 cm³/mol. The molecule has 0 saturated carbocycles. The third-order valence-electron chi connectivity index (χ3n) is 15.4. The van der Waals surface area contributed by atoms with Gasteiger partial charge in [0.2, 0.25) is 0 Å². The molecule has 0 aromatic carbocycles. The first-order chi connectivity index (χ1) is 33.3. The molecule has 0 spiro atoms. The van der Waals surface area contributed by atoms with E-state index in [1.807, 2.05) is 0 Å². The van der Waals surface area contributed by atoms with Crippen molar-refractivity contribution in [1.82, 2.24) is 4.90 Å². The summed E-state index contributed by atoms with van der Waals surface area (Å²) in [5.74, 6) is 1.26. The lowest BCUT2D eigenvalue weighted by atomic mass is 9.90. The van der Waals surface area contributed by atoms with Crippen molar-refractivity contribution in [2.45, 2.75) is 310 Å². The Hall–Kier alpha value is -1.63. The first-order valence-corrected chi connectivity index (χ1v) is 30.5. The van der Waals surface area contributed by atoms with Gasteiger partial charge in [0.15, 0.2) is 0 Å². The molecule has 0 aromatic heterocycles. The van der Waals surface area contributed by atoms with Gasteiger partial charge in [-0.15, -0.1) is 0 Å². The van der Waals surface area contributed by atoms with Crippen LogP contribution >= 0.6 is 0 Å². The highest BCUT2D eigenvalue weighted by Crippen LogP contribution is 2.26. The van der Waals surface area contributed by atoms with Crippen LogP contribution in [0, 0.1) is 23.7 Å². The minimum atomic E-state index is -0.113. The van der Waals surface area contributed by atoms with Gasteiger partial charge in [-0.3, -0.25) is 14.4 Å². The fourth-order valence-electron chi connectivity index (χ4n) is 10.6. The fourth-order valence-corrected chi connectivity index (χ4v) is 10.6. The number of unbranched alkanes of at least 4 members (excludes halogenated alkanes) is 24. The number of carbonyl (C=O) groups excluding carboxylic acids is 3. The van der Waals surface area contributed by atoms with E-state index < -0.39 is 0 Å². The summed E-state index contributed by atoms with van der Waals surface area (Å²) in [6.07, 6.45) is 52.9. The van der Waals surface area contributed by atoms with E-state index in [2.05, 4.69) is 39.6 Å². The Morgan fingerprint density at radius 2 is 0.676 bits per heavy atom. The molecular weight excluding hydrogens is 843 g/mol. The van der Waals surface area contributed by atoms with Crippen LogP contribution in [-0.4, -0.2) is 62.8 Å². The molecule has 402 valence electrons. The van der Waals surface area contributed by atoms with Gasteiger partial charge in [-0.05, 0) is 102 Å². The van der Waals surface area contributed by atoms with Gasteiger partial charge in [0.1, 0.15) is 0 Å². The van der Waals surface area contributed by atoms with Crippen molar-refractivity contribution >= 4 is 17.9 Å². The van der Waals surface area contributed by atoms with E-state index in [0.29, 0.717) is 45.5 Å². The second-order valence-electron chi connectivity index (χ2n) is 22.0. The Morgan fingerprint density at radius 3 is 1.01 bits per heavy atom. The molecule has 7 nitrogen and oxygen atoms in total. The summed E-state index contributed by atoms with van der Waals surface area (Å²) in [6, 6.07) is 0. The van der Waals surface area contributed by atoms with Gasteiger partial charge < -0.3 is 19.1 Å². The molecule has 1 aliphatic heterocycles. The molecule has 0 N–H and O–H groups in total. The van der Waals surface area contributed by atoms with E-state index >= 15 is 0 Å². The van der Waals surface area contributed by atoms with Crippen LogP contribution in [0.4, 0.5) is 0 Å². The lowest BCUT2D eigenvalue weighted by Gasteiger charge is -2.28. The van der Waals surface area contributed by atoms with Crippen molar-refractivity contribution in [2.24, 2.45) is 23.7 Å². The van der Waals surface area contributed by atoms with Crippen LogP contribution in [0.25, 0.3) is 0 Å². The average Bonchev–Trinajstić information content (AvgIpc) is 3.34. The minimum Gasteiger partial charge on any atom is -0.466 e. The number of esters is 3. The Balaban J connectivity index is 2.55. The number of carbonyl (C=O) groups is 3. The monoisotopic (exact) mass is 960 g/mol. The topological polar surface area (TPSA) is 82.1 Å². The summed E-state index contributed by atoms with van der Waals surface area (Å²) in [7, 11) is 2.10. The van der Waals surface area contributed by atoms with Gasteiger partial charge in [-0.1, -0.05) is 233 Å². The summed E-state index contributed by atoms with van der Waals surface area (Å²) in [5.41, 5.74) is 0. The maximum Gasteiger partial charge on any atom is 0.309 e. The van der Waals surface area contributed by atoms with Crippen molar-refractivity contribution in [2.75, 3.05) is 40.0 Å². The molecule has 7 heteroatoms. The second kappa shape index (κ2) is 49.0. The largest absolute Gasteiger partial charge is 0.466 e. The molecule has 0 aliphatic carbocycles. The van der Waals surface area contributed by atoms with E-state index in [0.717, 1.165) is 76.3 Å². The molecule has 0 radical (unpaired) electrons. The highest BCUT2D eigenvalue weighted by Gasteiger charge is 2.26. The van der Waals surface area contributed by atoms with Crippen LogP contribution in [-0.2, 0) is 28.6 Å². The number of hydrogen-bond donors (Lipinski definition) is 0. The van der Waals surface area contributed by atoms with Gasteiger partial charge in [0.05, 0.1) is 25.7 Å². The molecule has 0 bridgehead atoms. The summed E-state index contributed by atoms with van der Waals surface area (Å²) < 4.78 is 17.5. The van der Waals surface area contributed by atoms with Crippen LogP contribution in [0.3, 0.4) is 0 Å². The van der Waals surface area contributed by atoms with Crippen LogP contribution in [0.5, 0.6) is 0 Å². The normalized spacial score (nSPS) is 13.6. The zero-order valence-corrected chi connectivity index (χ0v) is 46.4. The minimum absolute atomic E-state index is 0.0341. The smallest absolute Gasteiger partial charge is 0.309 e. The highest BCUT2D eigenvalue weighted by atomic mass is 16.5. The number of rotatable bonds is 51. The Morgan fingerprint density at radius 1 is 0.382 bits per heavy atom. The number of ether oxygens (including phenoxy) is 3. The molecule has 1 heterocycles. The zero-order valence-electron chi connectivity index (χ0n) is 46.4. The third-order valence-corrected chi connectivity index (χ3v) is 15.4. The van der Waals surface area contributed by atoms with Crippen molar-refractivity contribution in [3.8, 4) is 0 Å². The molecule has 0 atom stereocenters. The second-order valence-corrected chi connectivity index (χ2v) is 22.0. The molecular formula is C61H117NO6. The Labute approximate surface area is 423 Å². The summed E-state index contributed by atoms with van der Waals surface area (Å²) in [4.78, 5) is 41.2. The van der Waals surface area contributed by atoms with E-state index in [4.69, 9.17) is 14.2 Å². The van der Waals surface area contributed by atoms with Crippen LogP contribution in [0.1, 0.15) is 310 Å². The quantitative estimate of drug-likeness (QED) is 0.0341. The van der Waals surface area contributed by atoms with E-state index in [-0.39, 0.29) is 29.7 Å². The average molecular weight is 961 g/mol. The Bertz CT molecular complexity index is 1000. The SMILES string of the molecule is CCCCCCCCCC(CCCCCCCCC)CCCOC(=O)CCCC(CCCC(=O)OCCCC(CCCCCCCCC)CCCCCCCCC)COC(=O)C1CCN(C)CC1. The van der Waals surface area contributed by atoms with Crippen molar-refractivity contribution in [3.63, 3.8) is 0 Å². The number of piperidine rings is 1. The number of likely N-dealkylation sites (tertiary alicyclic amines) is 1. The maximum absolute atomic E-state index is 13.1. The lowest BCUT2D eigenvalue weighted by Crippen LogP contribution is -2.34. The molecule has 1 saturated heterocycles. The molecule has 0 aromatic rings. The number of hydrogen-bond acceptors (Lipinski definition) is 7. The van der Waals surface area contributed by atoms with Gasteiger partial charge in [-0.2, -0.15) is 0 Å². The van der Waals surface area contributed by atoms with Crippen molar-refractivity contribution in [1.29, 1.82) is 0 Å². The zero-order chi connectivity index (χ0) is 49.4. The summed E-state index contributed by atoms with van der Waals surface area (Å²) in [6.45, 7) is 12.4. The van der Waals surface area contributed by atoms with Gasteiger partial charge in [0.25, 0.3) is 0 Å². The van der Waals surface area contributed by atoms with E-state index in [1.165, 1.54) is 205 Å². The van der Waals surface area contributed by atoms with E-state index in [9.17, 15) is 14.4 Å². The lowest BCUT2D eigenvalue weighted by molar-refractivity contribution is -0.152.